The molecular weight excluding hydrogens is 278 g/mol. The molecule has 3 rings (SSSR count). The van der Waals surface area contributed by atoms with Crippen molar-refractivity contribution in [1.29, 1.82) is 0 Å². The van der Waals surface area contributed by atoms with Gasteiger partial charge in [-0.15, -0.1) is 0 Å². The normalized spacial score (nSPS) is 24.5. The Morgan fingerprint density at radius 2 is 2.09 bits per heavy atom. The maximum absolute atomic E-state index is 12.4. The first kappa shape index (κ1) is 15.5. The van der Waals surface area contributed by atoms with E-state index >= 15 is 0 Å². The summed E-state index contributed by atoms with van der Waals surface area (Å²) in [5, 5.41) is 10.9. The molecule has 1 atom stereocenters. The minimum absolute atomic E-state index is 0.210. The number of hydrogen-bond acceptors (Lipinski definition) is 3. The van der Waals surface area contributed by atoms with Crippen LogP contribution < -0.4 is 0 Å². The van der Waals surface area contributed by atoms with Gasteiger partial charge in [-0.2, -0.15) is 0 Å². The fraction of sp³-hybridized carbons (Fsp3) is 0.611. The van der Waals surface area contributed by atoms with Gasteiger partial charge in [-0.25, -0.2) is 0 Å². The van der Waals surface area contributed by atoms with Gasteiger partial charge in [0.25, 0.3) is 0 Å². The average Bonchev–Trinajstić information content (AvgIpc) is 3.01. The summed E-state index contributed by atoms with van der Waals surface area (Å²) >= 11 is 0. The highest BCUT2D eigenvalue weighted by atomic mass is 16.5. The summed E-state index contributed by atoms with van der Waals surface area (Å²) in [7, 11) is 0. The van der Waals surface area contributed by atoms with Gasteiger partial charge in [0.05, 0.1) is 5.60 Å². The molecule has 0 radical (unpaired) electrons. The van der Waals surface area contributed by atoms with Crippen LogP contribution in [0.15, 0.2) is 24.3 Å². The molecule has 1 amide bonds. The van der Waals surface area contributed by atoms with Crippen molar-refractivity contribution >= 4 is 5.91 Å². The smallest absolute Gasteiger partial charge is 0.222 e. The third-order valence-electron chi connectivity index (χ3n) is 5.08. The molecule has 2 aliphatic heterocycles. The molecule has 0 bridgehead atoms. The van der Waals surface area contributed by atoms with E-state index in [1.165, 1.54) is 0 Å². The number of piperidine rings is 1. The summed E-state index contributed by atoms with van der Waals surface area (Å²) in [5.74, 6) is 0.590. The molecule has 0 spiro atoms. The van der Waals surface area contributed by atoms with Gasteiger partial charge in [-0.1, -0.05) is 24.3 Å². The van der Waals surface area contributed by atoms with Gasteiger partial charge in [0.15, 0.2) is 0 Å². The summed E-state index contributed by atoms with van der Waals surface area (Å²) in [6, 6.07) is 8.00. The zero-order valence-corrected chi connectivity index (χ0v) is 13.3. The van der Waals surface area contributed by atoms with Crippen LogP contribution in [0.3, 0.4) is 0 Å². The van der Waals surface area contributed by atoms with Crippen molar-refractivity contribution in [3.63, 3.8) is 0 Å². The maximum atomic E-state index is 12.4. The molecule has 0 aromatic heterocycles. The van der Waals surface area contributed by atoms with Gasteiger partial charge < -0.3 is 14.7 Å². The Kier molecular flexibility index (Phi) is 4.50. The first-order chi connectivity index (χ1) is 10.6. The molecule has 0 aliphatic carbocycles. The number of ether oxygens (including phenoxy) is 1. The van der Waals surface area contributed by atoms with Crippen LogP contribution in [0.2, 0.25) is 0 Å². The molecule has 2 fully saturated rings. The quantitative estimate of drug-likeness (QED) is 0.931. The lowest BCUT2D eigenvalue weighted by molar-refractivity contribution is -0.136. The second-order valence-corrected chi connectivity index (χ2v) is 6.66. The molecule has 1 unspecified atom stereocenters. The highest BCUT2D eigenvalue weighted by Crippen LogP contribution is 2.35. The molecule has 2 aliphatic rings. The molecule has 4 nitrogen and oxygen atoms in total. The molecule has 2 heterocycles. The van der Waals surface area contributed by atoms with E-state index in [4.69, 9.17) is 4.74 Å². The zero-order valence-electron chi connectivity index (χ0n) is 13.3. The topological polar surface area (TPSA) is 49.8 Å². The fourth-order valence-electron chi connectivity index (χ4n) is 3.61. The van der Waals surface area contributed by atoms with E-state index < -0.39 is 5.60 Å². The van der Waals surface area contributed by atoms with Crippen molar-refractivity contribution in [3.8, 4) is 0 Å². The molecule has 22 heavy (non-hydrogen) atoms. The summed E-state index contributed by atoms with van der Waals surface area (Å²) in [5.41, 5.74) is 1.33. The minimum Gasteiger partial charge on any atom is -0.385 e. The van der Waals surface area contributed by atoms with Crippen LogP contribution >= 0.6 is 0 Å². The first-order valence-electron chi connectivity index (χ1n) is 8.22. The highest BCUT2D eigenvalue weighted by Gasteiger charge is 2.36. The van der Waals surface area contributed by atoms with Crippen LogP contribution in [-0.4, -0.2) is 42.2 Å². The van der Waals surface area contributed by atoms with Gasteiger partial charge in [0.2, 0.25) is 5.91 Å². The molecule has 120 valence electrons. The number of amides is 1. The van der Waals surface area contributed by atoms with E-state index in [0.29, 0.717) is 44.9 Å². The van der Waals surface area contributed by atoms with Crippen LogP contribution in [-0.2, 0) is 15.1 Å². The van der Waals surface area contributed by atoms with E-state index in [0.717, 1.165) is 24.2 Å². The van der Waals surface area contributed by atoms with Crippen molar-refractivity contribution in [3.05, 3.63) is 35.4 Å². The van der Waals surface area contributed by atoms with Crippen molar-refractivity contribution in [1.82, 2.24) is 4.90 Å². The number of aryl methyl sites for hydroxylation is 1. The molecular formula is C18H25NO3. The largest absolute Gasteiger partial charge is 0.385 e. The highest BCUT2D eigenvalue weighted by molar-refractivity contribution is 5.76. The van der Waals surface area contributed by atoms with Gasteiger partial charge in [-0.05, 0) is 43.2 Å². The molecule has 4 heteroatoms. The standard InChI is InChI=1S/C18H25NO3/c1-14-4-2-3-5-16(14)18(21)7-9-19(10-8-18)17(20)12-15-6-11-22-13-15/h2-5,15,21H,6-13H2,1H3. The lowest BCUT2D eigenvalue weighted by atomic mass is 9.82. The lowest BCUT2D eigenvalue weighted by Gasteiger charge is -2.39. The minimum atomic E-state index is -0.793. The van der Waals surface area contributed by atoms with Crippen molar-refractivity contribution in [2.45, 2.75) is 38.2 Å². The van der Waals surface area contributed by atoms with Gasteiger partial charge in [0.1, 0.15) is 0 Å². The number of aliphatic hydroxyl groups is 1. The molecule has 0 saturated carbocycles. The van der Waals surface area contributed by atoms with Gasteiger partial charge in [0, 0.05) is 32.7 Å². The third kappa shape index (κ3) is 3.18. The number of carbonyl (C=O) groups is 1. The SMILES string of the molecule is Cc1ccccc1C1(O)CCN(C(=O)CC2CCOC2)CC1. The summed E-state index contributed by atoms with van der Waals surface area (Å²) < 4.78 is 5.34. The molecule has 1 N–H and O–H groups in total. The van der Waals surface area contributed by atoms with Crippen LogP contribution in [0.4, 0.5) is 0 Å². The average molecular weight is 303 g/mol. The van der Waals surface area contributed by atoms with E-state index in [1.54, 1.807) is 0 Å². The lowest BCUT2D eigenvalue weighted by Crippen LogP contribution is -2.45. The van der Waals surface area contributed by atoms with Crippen molar-refractivity contribution < 1.29 is 14.6 Å². The Morgan fingerprint density at radius 3 is 2.73 bits per heavy atom. The van der Waals surface area contributed by atoms with Gasteiger partial charge >= 0.3 is 0 Å². The number of likely N-dealkylation sites (tertiary alicyclic amines) is 1. The second-order valence-electron chi connectivity index (χ2n) is 6.66. The van der Waals surface area contributed by atoms with E-state index in [9.17, 15) is 9.90 Å². The predicted molar refractivity (Wildman–Crippen MR) is 84.4 cm³/mol. The summed E-state index contributed by atoms with van der Waals surface area (Å²) in [6.07, 6.45) is 2.81. The van der Waals surface area contributed by atoms with Crippen molar-refractivity contribution in [2.24, 2.45) is 5.92 Å². The Hall–Kier alpha value is -1.39. The Morgan fingerprint density at radius 1 is 1.36 bits per heavy atom. The predicted octanol–water partition coefficient (Wildman–Crippen LogP) is 2.23. The Balaban J connectivity index is 1.59. The number of hydrogen-bond donors (Lipinski definition) is 1. The fourth-order valence-corrected chi connectivity index (χ4v) is 3.61. The van der Waals surface area contributed by atoms with Crippen molar-refractivity contribution in [2.75, 3.05) is 26.3 Å². The molecule has 1 aromatic rings. The number of carbonyl (C=O) groups excluding carboxylic acids is 1. The van der Waals surface area contributed by atoms with Crippen LogP contribution in [0.25, 0.3) is 0 Å². The second kappa shape index (κ2) is 6.39. The zero-order chi connectivity index (χ0) is 15.6. The molecule has 2 saturated heterocycles. The van der Waals surface area contributed by atoms with Crippen LogP contribution in [0.5, 0.6) is 0 Å². The van der Waals surface area contributed by atoms with Gasteiger partial charge in [-0.3, -0.25) is 4.79 Å². The monoisotopic (exact) mass is 303 g/mol. The molecule has 1 aromatic carbocycles. The maximum Gasteiger partial charge on any atom is 0.222 e. The van der Waals surface area contributed by atoms with Crippen LogP contribution in [0.1, 0.15) is 36.8 Å². The van der Waals surface area contributed by atoms with Crippen LogP contribution in [0, 0.1) is 12.8 Å². The third-order valence-corrected chi connectivity index (χ3v) is 5.08. The number of benzene rings is 1. The van der Waals surface area contributed by atoms with E-state index in [2.05, 4.69) is 0 Å². The summed E-state index contributed by atoms with van der Waals surface area (Å²) in [6.45, 7) is 4.80. The Labute approximate surface area is 132 Å². The summed E-state index contributed by atoms with van der Waals surface area (Å²) in [4.78, 5) is 14.3. The Bertz CT molecular complexity index is 529. The number of nitrogens with zero attached hydrogens (tertiary/aromatic N) is 1. The van der Waals surface area contributed by atoms with E-state index in [1.807, 2.05) is 36.1 Å². The first-order valence-corrected chi connectivity index (χ1v) is 8.22. The van der Waals surface area contributed by atoms with E-state index in [-0.39, 0.29) is 5.91 Å². The number of rotatable bonds is 3.